The van der Waals surface area contributed by atoms with Crippen LogP contribution in [0.25, 0.3) is 0 Å². The average Bonchev–Trinajstić information content (AvgIpc) is 2.18. The van der Waals surface area contributed by atoms with Gasteiger partial charge < -0.3 is 5.11 Å². The molecule has 1 N–H and O–H groups in total. The van der Waals surface area contributed by atoms with Gasteiger partial charge in [-0.25, -0.2) is 4.39 Å². The summed E-state index contributed by atoms with van der Waals surface area (Å²) in [4.78, 5) is 0. The van der Waals surface area contributed by atoms with Crippen LogP contribution >= 0.6 is 11.8 Å². The summed E-state index contributed by atoms with van der Waals surface area (Å²) in [6.07, 6.45) is -0.576. The summed E-state index contributed by atoms with van der Waals surface area (Å²) in [5.74, 6) is 0.362. The van der Waals surface area contributed by atoms with Gasteiger partial charge in [-0.15, -0.1) is 0 Å². The van der Waals surface area contributed by atoms with E-state index in [1.54, 1.807) is 30.8 Å². The molecule has 0 amide bonds. The first kappa shape index (κ1) is 12.5. The number of rotatable bonds is 4. The number of halogens is 1. The van der Waals surface area contributed by atoms with E-state index in [2.05, 4.69) is 13.8 Å². The Morgan fingerprint density at radius 1 is 1.40 bits per heavy atom. The first-order valence-electron chi connectivity index (χ1n) is 5.06. The average molecular weight is 228 g/mol. The molecule has 0 saturated carbocycles. The predicted octanol–water partition coefficient (Wildman–Crippen LogP) is 3.31. The summed E-state index contributed by atoms with van der Waals surface area (Å²) in [6, 6.07) is 4.90. The number of aliphatic hydroxyl groups is 1. The van der Waals surface area contributed by atoms with Crippen LogP contribution < -0.4 is 0 Å². The Morgan fingerprint density at radius 2 is 2.07 bits per heavy atom. The van der Waals surface area contributed by atoms with Gasteiger partial charge in [0, 0.05) is 5.75 Å². The minimum atomic E-state index is -0.576. The number of hydrogen-bond acceptors (Lipinski definition) is 2. The Balaban J connectivity index is 2.65. The van der Waals surface area contributed by atoms with Crippen LogP contribution in [0.4, 0.5) is 4.39 Å². The van der Waals surface area contributed by atoms with E-state index in [4.69, 9.17) is 0 Å². The maximum Gasteiger partial charge on any atom is 0.126 e. The van der Waals surface area contributed by atoms with Gasteiger partial charge in [0.1, 0.15) is 5.82 Å². The molecule has 0 spiro atoms. The van der Waals surface area contributed by atoms with Crippen molar-refractivity contribution >= 4 is 11.8 Å². The molecule has 1 rings (SSSR count). The van der Waals surface area contributed by atoms with Gasteiger partial charge in [0.05, 0.1) is 6.10 Å². The molecule has 0 saturated heterocycles. The molecule has 0 aliphatic rings. The zero-order valence-corrected chi connectivity index (χ0v) is 10.1. The lowest BCUT2D eigenvalue weighted by Crippen LogP contribution is -2.04. The molecule has 1 aromatic carbocycles. The van der Waals surface area contributed by atoms with Crippen LogP contribution in [-0.2, 0) is 0 Å². The minimum Gasteiger partial charge on any atom is -0.388 e. The molecular weight excluding hydrogens is 211 g/mol. The smallest absolute Gasteiger partial charge is 0.126 e. The zero-order chi connectivity index (χ0) is 11.4. The van der Waals surface area contributed by atoms with E-state index >= 15 is 0 Å². The third-order valence-electron chi connectivity index (χ3n) is 2.17. The van der Waals surface area contributed by atoms with Gasteiger partial charge in [-0.2, -0.15) is 11.8 Å². The van der Waals surface area contributed by atoms with Crippen molar-refractivity contribution in [3.05, 3.63) is 35.1 Å². The Kier molecular flexibility index (Phi) is 4.61. The van der Waals surface area contributed by atoms with E-state index in [0.29, 0.717) is 22.1 Å². The van der Waals surface area contributed by atoms with Crippen LogP contribution in [0, 0.1) is 12.7 Å². The van der Waals surface area contributed by atoms with Crippen LogP contribution in [0.1, 0.15) is 31.1 Å². The molecule has 1 unspecified atom stereocenters. The Bertz CT molecular complexity index is 325. The Labute approximate surface area is 94.7 Å². The maximum absolute atomic E-state index is 13.2. The lowest BCUT2D eigenvalue weighted by atomic mass is 10.1. The predicted molar refractivity (Wildman–Crippen MR) is 63.7 cm³/mol. The summed E-state index contributed by atoms with van der Waals surface area (Å²) in [5, 5.41) is 10.3. The van der Waals surface area contributed by atoms with E-state index < -0.39 is 6.10 Å². The SMILES string of the molecule is Cc1ccc(C(O)CSC(C)C)cc1F. The van der Waals surface area contributed by atoms with E-state index in [1.165, 1.54) is 6.07 Å². The van der Waals surface area contributed by atoms with Gasteiger partial charge in [0.25, 0.3) is 0 Å². The van der Waals surface area contributed by atoms with E-state index in [0.717, 1.165) is 0 Å². The van der Waals surface area contributed by atoms with Crippen LogP contribution in [-0.4, -0.2) is 16.1 Å². The van der Waals surface area contributed by atoms with Gasteiger partial charge >= 0.3 is 0 Å². The Morgan fingerprint density at radius 3 is 2.60 bits per heavy atom. The molecule has 15 heavy (non-hydrogen) atoms. The topological polar surface area (TPSA) is 20.2 Å². The van der Waals surface area contributed by atoms with E-state index in [-0.39, 0.29) is 5.82 Å². The highest BCUT2D eigenvalue weighted by atomic mass is 32.2. The molecule has 0 heterocycles. The van der Waals surface area contributed by atoms with Crippen molar-refractivity contribution in [1.29, 1.82) is 0 Å². The third kappa shape index (κ3) is 3.84. The zero-order valence-electron chi connectivity index (χ0n) is 9.33. The fourth-order valence-electron chi connectivity index (χ4n) is 1.20. The molecule has 0 fully saturated rings. The van der Waals surface area contributed by atoms with Crippen LogP contribution in [0.2, 0.25) is 0 Å². The van der Waals surface area contributed by atoms with E-state index in [9.17, 15) is 9.50 Å². The fourth-order valence-corrected chi connectivity index (χ4v) is 1.96. The number of thioether (sulfide) groups is 1. The van der Waals surface area contributed by atoms with E-state index in [1.807, 2.05) is 0 Å². The summed E-state index contributed by atoms with van der Waals surface area (Å²) >= 11 is 1.67. The molecule has 0 bridgehead atoms. The molecule has 0 aliphatic heterocycles. The first-order valence-corrected chi connectivity index (χ1v) is 6.11. The van der Waals surface area contributed by atoms with Gasteiger partial charge in [0.2, 0.25) is 0 Å². The van der Waals surface area contributed by atoms with Gasteiger partial charge in [0.15, 0.2) is 0 Å². The third-order valence-corrected chi connectivity index (χ3v) is 3.34. The summed E-state index contributed by atoms with van der Waals surface area (Å²) in [6.45, 7) is 5.87. The molecule has 1 aromatic rings. The highest BCUT2D eigenvalue weighted by Crippen LogP contribution is 2.22. The van der Waals surface area contributed by atoms with Gasteiger partial charge in [-0.1, -0.05) is 26.0 Å². The number of aliphatic hydroxyl groups excluding tert-OH is 1. The van der Waals surface area contributed by atoms with Crippen molar-refractivity contribution in [3.63, 3.8) is 0 Å². The summed E-state index contributed by atoms with van der Waals surface area (Å²) in [7, 11) is 0. The molecule has 0 radical (unpaired) electrons. The van der Waals surface area contributed by atoms with Crippen molar-refractivity contribution in [2.24, 2.45) is 0 Å². The van der Waals surface area contributed by atoms with Crippen LogP contribution in [0.3, 0.4) is 0 Å². The van der Waals surface area contributed by atoms with Crippen molar-refractivity contribution < 1.29 is 9.50 Å². The molecule has 0 aliphatic carbocycles. The monoisotopic (exact) mass is 228 g/mol. The second-order valence-corrected chi connectivity index (χ2v) is 5.52. The van der Waals surface area contributed by atoms with Crippen molar-refractivity contribution in [3.8, 4) is 0 Å². The minimum absolute atomic E-state index is 0.249. The number of aryl methyl sites for hydroxylation is 1. The first-order chi connectivity index (χ1) is 7.00. The molecule has 0 aromatic heterocycles. The maximum atomic E-state index is 13.2. The van der Waals surface area contributed by atoms with Gasteiger partial charge in [-0.3, -0.25) is 0 Å². The Hall–Kier alpha value is -0.540. The second-order valence-electron chi connectivity index (χ2n) is 3.91. The summed E-state index contributed by atoms with van der Waals surface area (Å²) < 4.78 is 13.2. The normalized spacial score (nSPS) is 13.2. The highest BCUT2D eigenvalue weighted by molar-refractivity contribution is 7.99. The molecule has 1 atom stereocenters. The lowest BCUT2D eigenvalue weighted by Gasteiger charge is -2.12. The molecule has 84 valence electrons. The lowest BCUT2D eigenvalue weighted by molar-refractivity contribution is 0.203. The molecule has 3 heteroatoms. The largest absolute Gasteiger partial charge is 0.388 e. The molecule has 1 nitrogen and oxygen atoms in total. The number of hydrogen-bond donors (Lipinski definition) is 1. The quantitative estimate of drug-likeness (QED) is 0.853. The standard InChI is InChI=1S/C12H17FOS/c1-8(2)15-7-12(14)10-5-4-9(3)11(13)6-10/h4-6,8,12,14H,7H2,1-3H3. The fraction of sp³-hybridized carbons (Fsp3) is 0.500. The van der Waals surface area contributed by atoms with Crippen LogP contribution in [0.15, 0.2) is 18.2 Å². The van der Waals surface area contributed by atoms with Crippen molar-refractivity contribution in [2.45, 2.75) is 32.1 Å². The van der Waals surface area contributed by atoms with Crippen LogP contribution in [0.5, 0.6) is 0 Å². The highest BCUT2D eigenvalue weighted by Gasteiger charge is 2.10. The van der Waals surface area contributed by atoms with Crippen molar-refractivity contribution in [2.75, 3.05) is 5.75 Å². The molecular formula is C12H17FOS. The second kappa shape index (κ2) is 5.52. The number of benzene rings is 1. The van der Waals surface area contributed by atoms with Gasteiger partial charge in [-0.05, 0) is 29.4 Å². The summed E-state index contributed by atoms with van der Waals surface area (Å²) in [5.41, 5.74) is 1.27. The van der Waals surface area contributed by atoms with Crippen molar-refractivity contribution in [1.82, 2.24) is 0 Å².